The van der Waals surface area contributed by atoms with Crippen LogP contribution < -0.4 is 21.3 Å². The highest BCUT2D eigenvalue weighted by Crippen LogP contribution is 2.16. The largest absolute Gasteiger partial charge is 0.377 e. The molecule has 0 aliphatic heterocycles. The molecule has 0 unspecified atom stereocenters. The number of guanidine groups is 1. The Labute approximate surface area is 245 Å². The number of anilines is 2. The van der Waals surface area contributed by atoms with Gasteiger partial charge in [-0.05, 0) is 49.4 Å². The van der Waals surface area contributed by atoms with Crippen LogP contribution in [-0.4, -0.2) is 67.4 Å². The van der Waals surface area contributed by atoms with Crippen molar-refractivity contribution in [2.24, 2.45) is 9.98 Å². The molecule has 218 valence electrons. The summed E-state index contributed by atoms with van der Waals surface area (Å²) in [6.07, 6.45) is 1.77. The zero-order valence-electron chi connectivity index (χ0n) is 23.6. The monoisotopic (exact) mass is 568 g/mol. The van der Waals surface area contributed by atoms with Crippen molar-refractivity contribution in [2.75, 3.05) is 50.2 Å². The fourth-order valence-corrected chi connectivity index (χ4v) is 3.83. The maximum atomic E-state index is 12.0. The summed E-state index contributed by atoms with van der Waals surface area (Å²) < 4.78 is 11.1. The number of amidine groups is 1. The van der Waals surface area contributed by atoms with Crippen LogP contribution in [0.3, 0.4) is 0 Å². The van der Waals surface area contributed by atoms with Gasteiger partial charge in [0.25, 0.3) is 5.91 Å². The summed E-state index contributed by atoms with van der Waals surface area (Å²) in [7, 11) is 0. The molecule has 4 aromatic rings. The number of aromatic nitrogens is 2. The van der Waals surface area contributed by atoms with Gasteiger partial charge in [-0.2, -0.15) is 5.10 Å². The van der Waals surface area contributed by atoms with Crippen molar-refractivity contribution in [3.63, 3.8) is 0 Å². The molecule has 0 spiro atoms. The number of hydrogen-bond donors (Lipinski definition) is 5. The number of H-pyrrole nitrogens is 1. The van der Waals surface area contributed by atoms with Gasteiger partial charge in [0.1, 0.15) is 11.7 Å². The fourth-order valence-electron chi connectivity index (χ4n) is 3.83. The third-order valence-corrected chi connectivity index (χ3v) is 5.83. The van der Waals surface area contributed by atoms with Crippen LogP contribution in [-0.2, 0) is 9.47 Å². The maximum Gasteiger partial charge on any atom is 0.251 e. The smallest absolute Gasteiger partial charge is 0.251 e. The summed E-state index contributed by atoms with van der Waals surface area (Å²) in [4.78, 5) is 21.1. The normalized spacial score (nSPS) is 11.7. The molecule has 11 heteroatoms. The van der Waals surface area contributed by atoms with Gasteiger partial charge in [-0.25, -0.2) is 4.99 Å². The number of para-hydroxylation sites is 1. The molecular formula is C31H36N8O3. The van der Waals surface area contributed by atoms with Gasteiger partial charge in [0.2, 0.25) is 5.96 Å². The van der Waals surface area contributed by atoms with Crippen LogP contribution in [0, 0.1) is 0 Å². The molecule has 0 aliphatic carbocycles. The molecule has 3 aromatic carbocycles. The molecule has 1 amide bonds. The van der Waals surface area contributed by atoms with E-state index < -0.39 is 0 Å². The fraction of sp³-hybridized carbons (Fsp3) is 0.226. The highest BCUT2D eigenvalue weighted by molar-refractivity contribution is 6.03. The van der Waals surface area contributed by atoms with Gasteiger partial charge in [0, 0.05) is 28.9 Å². The van der Waals surface area contributed by atoms with E-state index in [9.17, 15) is 4.79 Å². The molecule has 0 atom stereocenters. The van der Waals surface area contributed by atoms with Crippen molar-refractivity contribution in [2.45, 2.75) is 6.92 Å². The molecule has 5 N–H and O–H groups in total. The number of rotatable bonds is 14. The number of benzene rings is 3. The maximum absolute atomic E-state index is 12.0. The Bertz CT molecular complexity index is 1490. The van der Waals surface area contributed by atoms with E-state index in [1.807, 2.05) is 73.7 Å². The molecule has 11 nitrogen and oxygen atoms in total. The van der Waals surface area contributed by atoms with Crippen molar-refractivity contribution in [1.82, 2.24) is 20.8 Å². The van der Waals surface area contributed by atoms with Crippen molar-refractivity contribution >= 4 is 40.0 Å². The second-order valence-electron chi connectivity index (χ2n) is 9.13. The Kier molecular flexibility index (Phi) is 11.6. The number of nitrogens with one attached hydrogen (secondary N) is 5. The van der Waals surface area contributed by atoms with Gasteiger partial charge in [-0.1, -0.05) is 43.0 Å². The lowest BCUT2D eigenvalue weighted by molar-refractivity contribution is 0.0512. The van der Waals surface area contributed by atoms with Crippen LogP contribution in [0.25, 0.3) is 10.9 Å². The van der Waals surface area contributed by atoms with Crippen LogP contribution >= 0.6 is 0 Å². The Morgan fingerprint density at radius 3 is 2.43 bits per heavy atom. The number of carbonyl (C=O) groups is 1. The van der Waals surface area contributed by atoms with E-state index in [2.05, 4.69) is 48.0 Å². The van der Waals surface area contributed by atoms with Crippen molar-refractivity contribution in [1.29, 1.82) is 0 Å². The lowest BCUT2D eigenvalue weighted by Crippen LogP contribution is -2.33. The summed E-state index contributed by atoms with van der Waals surface area (Å²) in [5, 5.41) is 20.6. The van der Waals surface area contributed by atoms with Gasteiger partial charge >= 0.3 is 0 Å². The quantitative estimate of drug-likeness (QED) is 0.0865. The number of ether oxygens (including phenoxy) is 2. The van der Waals surface area contributed by atoms with Crippen LogP contribution in [0.2, 0.25) is 0 Å². The topological polar surface area (TPSA) is 137 Å². The summed E-state index contributed by atoms with van der Waals surface area (Å²) in [5.74, 6) is 1.45. The van der Waals surface area contributed by atoms with E-state index in [4.69, 9.17) is 9.47 Å². The molecule has 0 bridgehead atoms. The number of aliphatic imine (C=N–C) groups is 2. The van der Waals surface area contributed by atoms with E-state index in [0.717, 1.165) is 22.3 Å². The van der Waals surface area contributed by atoms with Gasteiger partial charge < -0.3 is 30.7 Å². The Balaban J connectivity index is 1.20. The molecule has 0 aliphatic rings. The summed E-state index contributed by atoms with van der Waals surface area (Å²) in [6, 6.07) is 24.7. The highest BCUT2D eigenvalue weighted by Gasteiger charge is 2.06. The minimum atomic E-state index is -0.115. The number of fused-ring (bicyclic) bond motifs is 1. The van der Waals surface area contributed by atoms with Gasteiger partial charge in [0.15, 0.2) is 0 Å². The van der Waals surface area contributed by atoms with E-state index in [-0.39, 0.29) is 5.91 Å². The first-order chi connectivity index (χ1) is 20.6. The molecule has 0 radical (unpaired) electrons. The zero-order valence-corrected chi connectivity index (χ0v) is 23.6. The first-order valence-electron chi connectivity index (χ1n) is 13.6. The van der Waals surface area contributed by atoms with E-state index >= 15 is 0 Å². The molecule has 0 fully saturated rings. The van der Waals surface area contributed by atoms with Gasteiger partial charge in [0.05, 0.1) is 44.7 Å². The molecule has 0 saturated carbocycles. The predicted molar refractivity (Wildman–Crippen MR) is 168 cm³/mol. The average molecular weight is 569 g/mol. The third kappa shape index (κ3) is 10.2. The predicted octanol–water partition coefficient (Wildman–Crippen LogP) is 4.39. The second kappa shape index (κ2) is 16.3. The lowest BCUT2D eigenvalue weighted by Gasteiger charge is -2.16. The van der Waals surface area contributed by atoms with Crippen LogP contribution in [0.5, 0.6) is 0 Å². The summed E-state index contributed by atoms with van der Waals surface area (Å²) in [5.41, 5.74) is 3.26. The van der Waals surface area contributed by atoms with Crippen molar-refractivity contribution < 1.29 is 14.3 Å². The Morgan fingerprint density at radius 1 is 0.905 bits per heavy atom. The van der Waals surface area contributed by atoms with Gasteiger partial charge in [-0.3, -0.25) is 14.9 Å². The van der Waals surface area contributed by atoms with Crippen LogP contribution in [0.1, 0.15) is 17.3 Å². The van der Waals surface area contributed by atoms with E-state index in [1.54, 1.807) is 18.3 Å². The number of carbonyl (C=O) groups excluding carboxylic acids is 1. The first kappa shape index (κ1) is 30.0. The van der Waals surface area contributed by atoms with Crippen LogP contribution in [0.4, 0.5) is 11.4 Å². The number of hydrogen-bond acceptors (Lipinski definition) is 6. The standard InChI is InChI=1S/C31H36N8O3/c1-23(32-15-17-41-19-20-42-18-16-33-30(40)25-9-5-3-6-10-25)36-31(37-24(2)35-27-11-7-4-8-12-27)38-28-14-13-26-22-34-39-29(26)21-28/h3-14,21-22,35H,2,15-20H2,1H3,(H,33,40)(H,34,39)(H2,32,36,37,38). The molecule has 42 heavy (non-hydrogen) atoms. The van der Waals surface area contributed by atoms with E-state index in [1.165, 1.54) is 0 Å². The zero-order chi connectivity index (χ0) is 29.4. The summed E-state index contributed by atoms with van der Waals surface area (Å²) >= 11 is 0. The van der Waals surface area contributed by atoms with Crippen molar-refractivity contribution in [3.05, 3.63) is 103 Å². The van der Waals surface area contributed by atoms with Crippen LogP contribution in [0.15, 0.2) is 107 Å². The average Bonchev–Trinajstić information content (AvgIpc) is 3.47. The Hall–Kier alpha value is -5.00. The second-order valence-corrected chi connectivity index (χ2v) is 9.13. The van der Waals surface area contributed by atoms with Crippen molar-refractivity contribution in [3.8, 4) is 0 Å². The molecule has 0 saturated heterocycles. The number of nitrogens with zero attached hydrogens (tertiary/aromatic N) is 3. The minimum Gasteiger partial charge on any atom is -0.377 e. The molecule has 4 rings (SSSR count). The number of aromatic amines is 1. The van der Waals surface area contributed by atoms with Gasteiger partial charge in [-0.15, -0.1) is 0 Å². The third-order valence-electron chi connectivity index (χ3n) is 5.83. The minimum absolute atomic E-state index is 0.115. The Morgan fingerprint density at radius 2 is 1.64 bits per heavy atom. The van der Waals surface area contributed by atoms with E-state index in [0.29, 0.717) is 62.7 Å². The SMILES string of the molecule is C=C(NC(=NC(C)=NCCOCCOCCNC(=O)c1ccccc1)Nc1ccc2cn[nH]c2c1)Nc1ccccc1. The highest BCUT2D eigenvalue weighted by atomic mass is 16.5. The summed E-state index contributed by atoms with van der Waals surface area (Å²) in [6.45, 7) is 8.47. The molecule has 1 aromatic heterocycles. The lowest BCUT2D eigenvalue weighted by atomic mass is 10.2. The first-order valence-corrected chi connectivity index (χ1v) is 13.6. The molecule has 1 heterocycles. The number of amides is 1. The molecular weight excluding hydrogens is 532 g/mol.